The molecule has 1 aliphatic heterocycles. The number of para-hydroxylation sites is 1. The predicted octanol–water partition coefficient (Wildman–Crippen LogP) is 3.85. The van der Waals surface area contributed by atoms with Crippen LogP contribution in [0.5, 0.6) is 0 Å². The van der Waals surface area contributed by atoms with E-state index in [4.69, 9.17) is 23.2 Å². The summed E-state index contributed by atoms with van der Waals surface area (Å²) < 4.78 is 0. The van der Waals surface area contributed by atoms with Gasteiger partial charge in [-0.15, -0.1) is 0 Å². The molecular weight excluding hydrogens is 395 g/mol. The third kappa shape index (κ3) is 4.00. The summed E-state index contributed by atoms with van der Waals surface area (Å²) in [5, 5.41) is 3.29. The van der Waals surface area contributed by atoms with Gasteiger partial charge in [0.15, 0.2) is 10.3 Å². The molecule has 0 fully saturated rings. The van der Waals surface area contributed by atoms with Gasteiger partial charge >= 0.3 is 0 Å². The zero-order valence-electron chi connectivity index (χ0n) is 13.6. The Hall–Kier alpha value is -2.09. The second-order valence-electron chi connectivity index (χ2n) is 5.37. The molecule has 3 rings (SSSR count). The molecule has 0 bridgehead atoms. The molecule has 0 unspecified atom stereocenters. The monoisotopic (exact) mass is 408 g/mol. The maximum Gasteiger partial charge on any atom is 0.254 e. The molecule has 2 amide bonds. The van der Waals surface area contributed by atoms with Gasteiger partial charge in [-0.05, 0) is 31.2 Å². The minimum absolute atomic E-state index is 0.0241. The van der Waals surface area contributed by atoms with Crippen LogP contribution in [-0.4, -0.2) is 33.8 Å². The summed E-state index contributed by atoms with van der Waals surface area (Å²) in [6.07, 6.45) is 1.54. The number of amidine groups is 1. The van der Waals surface area contributed by atoms with Crippen molar-refractivity contribution >= 4 is 63.3 Å². The zero-order chi connectivity index (χ0) is 18.7. The molecule has 0 saturated carbocycles. The zero-order valence-corrected chi connectivity index (χ0v) is 16.0. The Bertz CT molecular complexity index is 891. The first-order valence-corrected chi connectivity index (χ1v) is 9.31. The summed E-state index contributed by atoms with van der Waals surface area (Å²) in [4.78, 5) is 34.3. The number of anilines is 2. The van der Waals surface area contributed by atoms with Gasteiger partial charge in [-0.25, -0.2) is 4.98 Å². The molecule has 0 radical (unpaired) electrons. The summed E-state index contributed by atoms with van der Waals surface area (Å²) >= 11 is 13.3. The minimum atomic E-state index is -0.513. The number of rotatable bonds is 4. The highest BCUT2D eigenvalue weighted by molar-refractivity contribution is 8.15. The van der Waals surface area contributed by atoms with Crippen molar-refractivity contribution in [1.82, 2.24) is 4.98 Å². The first-order chi connectivity index (χ1) is 12.5. The highest BCUT2D eigenvalue weighted by Gasteiger charge is 2.31. The van der Waals surface area contributed by atoms with E-state index in [2.05, 4.69) is 15.3 Å². The third-order valence-corrected chi connectivity index (χ3v) is 5.26. The summed E-state index contributed by atoms with van der Waals surface area (Å²) in [5.74, 6) is -0.463. The lowest BCUT2D eigenvalue weighted by Gasteiger charge is -2.21. The molecule has 1 aliphatic rings. The topological polar surface area (TPSA) is 74.7 Å². The fourth-order valence-corrected chi connectivity index (χ4v) is 3.58. The number of amides is 2. The number of nitrogens with one attached hydrogen (secondary N) is 1. The second-order valence-corrected chi connectivity index (χ2v) is 7.44. The molecule has 26 heavy (non-hydrogen) atoms. The molecule has 134 valence electrons. The minimum Gasteiger partial charge on any atom is -0.322 e. The van der Waals surface area contributed by atoms with Crippen LogP contribution >= 0.6 is 35.0 Å². The number of hydrogen-bond acceptors (Lipinski definition) is 5. The Morgan fingerprint density at radius 2 is 2.04 bits per heavy atom. The molecular formula is C17H14Cl2N4O2S. The standard InChI is InChI=1S/C17H14Cl2N4O2S/c1-10(16(25)22-12-6-4-8-20-15(12)19)26-17-21-9-14(24)23(17)13-7-3-2-5-11(13)18/h2-8,10H,9H2,1H3,(H,22,25)/t10-/m0/s1. The molecule has 0 spiro atoms. The number of pyridine rings is 1. The molecule has 0 saturated heterocycles. The number of aromatic nitrogens is 1. The van der Waals surface area contributed by atoms with E-state index in [-0.39, 0.29) is 23.5 Å². The third-order valence-electron chi connectivity index (χ3n) is 3.55. The first kappa shape index (κ1) is 18.7. The van der Waals surface area contributed by atoms with E-state index in [9.17, 15) is 9.59 Å². The Morgan fingerprint density at radius 3 is 2.77 bits per heavy atom. The van der Waals surface area contributed by atoms with Gasteiger partial charge in [0.25, 0.3) is 5.91 Å². The number of hydrogen-bond donors (Lipinski definition) is 1. The normalized spacial score (nSPS) is 15.0. The summed E-state index contributed by atoms with van der Waals surface area (Å²) in [6.45, 7) is 1.75. The summed E-state index contributed by atoms with van der Waals surface area (Å²) in [5.41, 5.74) is 0.977. The Balaban J connectivity index is 1.73. The van der Waals surface area contributed by atoms with Crippen molar-refractivity contribution in [1.29, 1.82) is 0 Å². The van der Waals surface area contributed by atoms with Crippen LogP contribution in [0, 0.1) is 0 Å². The molecule has 1 atom stereocenters. The van der Waals surface area contributed by atoms with Gasteiger partial charge in [-0.1, -0.05) is 47.1 Å². The van der Waals surface area contributed by atoms with Crippen molar-refractivity contribution in [2.75, 3.05) is 16.8 Å². The molecule has 1 aromatic heterocycles. The Labute approximate surface area is 164 Å². The van der Waals surface area contributed by atoms with Gasteiger partial charge in [-0.2, -0.15) is 0 Å². The largest absolute Gasteiger partial charge is 0.322 e. The van der Waals surface area contributed by atoms with Gasteiger partial charge in [-0.3, -0.25) is 19.5 Å². The highest BCUT2D eigenvalue weighted by atomic mass is 35.5. The van der Waals surface area contributed by atoms with Crippen molar-refractivity contribution in [2.45, 2.75) is 12.2 Å². The average Bonchev–Trinajstić information content (AvgIpc) is 2.97. The number of aliphatic imine (C=N–C) groups is 1. The van der Waals surface area contributed by atoms with Gasteiger partial charge in [0.1, 0.15) is 6.54 Å². The molecule has 9 heteroatoms. The van der Waals surface area contributed by atoms with Gasteiger partial charge in [0.05, 0.1) is 21.6 Å². The fourth-order valence-electron chi connectivity index (χ4n) is 2.27. The molecule has 1 N–H and O–H groups in total. The quantitative estimate of drug-likeness (QED) is 0.779. The van der Waals surface area contributed by atoms with E-state index in [1.54, 1.807) is 43.3 Å². The van der Waals surface area contributed by atoms with Crippen molar-refractivity contribution < 1.29 is 9.59 Å². The first-order valence-electron chi connectivity index (χ1n) is 7.67. The maximum absolute atomic E-state index is 12.4. The second kappa shape index (κ2) is 8.07. The lowest BCUT2D eigenvalue weighted by Crippen LogP contribution is -2.33. The van der Waals surface area contributed by atoms with Crippen LogP contribution in [0.1, 0.15) is 6.92 Å². The van der Waals surface area contributed by atoms with Crippen LogP contribution in [0.3, 0.4) is 0 Å². The maximum atomic E-state index is 12.4. The Kier molecular flexibility index (Phi) is 5.80. The van der Waals surface area contributed by atoms with Crippen LogP contribution < -0.4 is 10.2 Å². The van der Waals surface area contributed by atoms with Crippen LogP contribution in [0.2, 0.25) is 10.2 Å². The van der Waals surface area contributed by atoms with Gasteiger partial charge in [0, 0.05) is 6.20 Å². The van der Waals surface area contributed by atoms with Crippen LogP contribution in [-0.2, 0) is 9.59 Å². The molecule has 2 heterocycles. The summed E-state index contributed by atoms with van der Waals surface area (Å²) in [6, 6.07) is 10.3. The molecule has 6 nitrogen and oxygen atoms in total. The van der Waals surface area contributed by atoms with Crippen LogP contribution in [0.15, 0.2) is 47.6 Å². The van der Waals surface area contributed by atoms with Gasteiger partial charge in [0.2, 0.25) is 5.91 Å². The van der Waals surface area contributed by atoms with Crippen LogP contribution in [0.25, 0.3) is 0 Å². The van der Waals surface area contributed by atoms with E-state index in [1.165, 1.54) is 22.9 Å². The number of carbonyl (C=O) groups excluding carboxylic acids is 2. The number of carbonyl (C=O) groups is 2. The van der Waals surface area contributed by atoms with E-state index in [0.29, 0.717) is 21.6 Å². The number of benzene rings is 1. The number of nitrogens with zero attached hydrogens (tertiary/aromatic N) is 3. The Morgan fingerprint density at radius 1 is 1.27 bits per heavy atom. The molecule has 2 aromatic rings. The summed E-state index contributed by atoms with van der Waals surface area (Å²) in [7, 11) is 0. The number of halogens is 2. The number of thioether (sulfide) groups is 1. The van der Waals surface area contributed by atoms with Crippen molar-refractivity contribution in [2.24, 2.45) is 4.99 Å². The van der Waals surface area contributed by atoms with E-state index < -0.39 is 5.25 Å². The average molecular weight is 409 g/mol. The van der Waals surface area contributed by atoms with E-state index in [1.807, 2.05) is 0 Å². The highest BCUT2D eigenvalue weighted by Crippen LogP contribution is 2.32. The van der Waals surface area contributed by atoms with E-state index in [0.717, 1.165) is 0 Å². The smallest absolute Gasteiger partial charge is 0.254 e. The van der Waals surface area contributed by atoms with Gasteiger partial charge < -0.3 is 5.32 Å². The molecule has 0 aliphatic carbocycles. The lowest BCUT2D eigenvalue weighted by atomic mass is 10.3. The lowest BCUT2D eigenvalue weighted by molar-refractivity contribution is -0.116. The van der Waals surface area contributed by atoms with Crippen molar-refractivity contribution in [3.05, 3.63) is 52.8 Å². The van der Waals surface area contributed by atoms with E-state index >= 15 is 0 Å². The van der Waals surface area contributed by atoms with Crippen LogP contribution in [0.4, 0.5) is 11.4 Å². The SMILES string of the molecule is C[C@H](SC1=NCC(=O)N1c1ccccc1Cl)C(=O)Nc1cccnc1Cl. The van der Waals surface area contributed by atoms with Crippen molar-refractivity contribution in [3.63, 3.8) is 0 Å². The van der Waals surface area contributed by atoms with Crippen molar-refractivity contribution in [3.8, 4) is 0 Å². The molecule has 1 aromatic carbocycles. The predicted molar refractivity (Wildman–Crippen MR) is 106 cm³/mol. The fraction of sp³-hybridized carbons (Fsp3) is 0.176.